The highest BCUT2D eigenvalue weighted by molar-refractivity contribution is 7.89. The van der Waals surface area contributed by atoms with Crippen molar-refractivity contribution in [3.8, 4) is 11.4 Å². The molecule has 2 rings (SSSR count). The molecule has 2 aromatic rings. The molecule has 0 saturated heterocycles. The topological polar surface area (TPSA) is 94.1 Å². The molecule has 1 aromatic carbocycles. The number of nitrogens with two attached hydrogens (primary N) is 1. The zero-order valence-corrected chi connectivity index (χ0v) is 13.1. The molecule has 0 atom stereocenters. The third-order valence-corrected chi connectivity index (χ3v) is 3.85. The standard InChI is InChI=1S/C13H19N5O2S/c1-4-8-18-12(15-16-13(18)21(14,19)20)10-6-5-7-11(9-10)17(2)3/h5-7,9H,4,8H2,1-3H3,(H2,14,19,20). The van der Waals surface area contributed by atoms with E-state index in [-0.39, 0.29) is 5.16 Å². The van der Waals surface area contributed by atoms with Gasteiger partial charge in [-0.15, -0.1) is 10.2 Å². The fourth-order valence-electron chi connectivity index (χ4n) is 2.06. The van der Waals surface area contributed by atoms with E-state index in [0.717, 1.165) is 17.7 Å². The molecule has 7 nitrogen and oxygen atoms in total. The lowest BCUT2D eigenvalue weighted by Crippen LogP contribution is -2.19. The smallest absolute Gasteiger partial charge is 0.273 e. The Kier molecular flexibility index (Phi) is 4.29. The molecule has 0 fully saturated rings. The number of hydrogen-bond donors (Lipinski definition) is 1. The van der Waals surface area contributed by atoms with E-state index in [4.69, 9.17) is 5.14 Å². The number of rotatable bonds is 5. The Morgan fingerprint density at radius 2 is 2.00 bits per heavy atom. The molecule has 8 heteroatoms. The van der Waals surface area contributed by atoms with Gasteiger partial charge in [0, 0.05) is 31.9 Å². The lowest BCUT2D eigenvalue weighted by Gasteiger charge is -2.14. The summed E-state index contributed by atoms with van der Waals surface area (Å²) in [5.74, 6) is 0.504. The third-order valence-electron chi connectivity index (χ3n) is 3.04. The van der Waals surface area contributed by atoms with Crippen LogP contribution in [0, 0.1) is 0 Å². The van der Waals surface area contributed by atoms with E-state index in [1.54, 1.807) is 4.57 Å². The average Bonchev–Trinajstić information content (AvgIpc) is 2.83. The normalized spacial score (nSPS) is 11.6. The van der Waals surface area contributed by atoms with Gasteiger partial charge in [-0.05, 0) is 18.6 Å². The van der Waals surface area contributed by atoms with E-state index >= 15 is 0 Å². The van der Waals surface area contributed by atoms with Gasteiger partial charge < -0.3 is 4.90 Å². The number of aromatic nitrogens is 3. The van der Waals surface area contributed by atoms with Crippen LogP contribution in [0.4, 0.5) is 5.69 Å². The Balaban J connectivity index is 2.59. The maximum atomic E-state index is 11.6. The van der Waals surface area contributed by atoms with Gasteiger partial charge in [0.1, 0.15) is 0 Å². The van der Waals surface area contributed by atoms with Gasteiger partial charge in [0.05, 0.1) is 0 Å². The summed E-state index contributed by atoms with van der Waals surface area (Å²) in [5.41, 5.74) is 1.80. The number of hydrogen-bond acceptors (Lipinski definition) is 5. The summed E-state index contributed by atoms with van der Waals surface area (Å²) in [6, 6.07) is 7.66. The minimum Gasteiger partial charge on any atom is -0.378 e. The van der Waals surface area contributed by atoms with Crippen LogP contribution in [0.1, 0.15) is 13.3 Å². The maximum absolute atomic E-state index is 11.6. The highest BCUT2D eigenvalue weighted by Gasteiger charge is 2.21. The molecule has 1 heterocycles. The van der Waals surface area contributed by atoms with Crippen LogP contribution in [-0.2, 0) is 16.6 Å². The SMILES string of the molecule is CCCn1c(-c2cccc(N(C)C)c2)nnc1S(N)(=O)=O. The molecule has 0 unspecified atom stereocenters. The largest absolute Gasteiger partial charge is 0.378 e. The van der Waals surface area contributed by atoms with E-state index in [1.165, 1.54) is 0 Å². The molecule has 0 aliphatic rings. The van der Waals surface area contributed by atoms with Crippen molar-refractivity contribution >= 4 is 15.7 Å². The molecule has 0 spiro atoms. The predicted octanol–water partition coefficient (Wildman–Crippen LogP) is 1.07. The van der Waals surface area contributed by atoms with Crippen LogP contribution in [0.5, 0.6) is 0 Å². The van der Waals surface area contributed by atoms with Crippen molar-refractivity contribution in [2.45, 2.75) is 25.0 Å². The summed E-state index contributed by atoms with van der Waals surface area (Å²) >= 11 is 0. The maximum Gasteiger partial charge on any atom is 0.273 e. The first kappa shape index (κ1) is 15.5. The molecule has 0 aliphatic heterocycles. The van der Waals surface area contributed by atoms with Gasteiger partial charge in [-0.25, -0.2) is 13.6 Å². The van der Waals surface area contributed by atoms with Crippen LogP contribution in [0.25, 0.3) is 11.4 Å². The Morgan fingerprint density at radius 1 is 1.29 bits per heavy atom. The molecule has 0 radical (unpaired) electrons. The number of sulfonamides is 1. The van der Waals surface area contributed by atoms with Crippen molar-refractivity contribution in [1.82, 2.24) is 14.8 Å². The molecule has 0 aliphatic carbocycles. The lowest BCUT2D eigenvalue weighted by molar-refractivity contribution is 0.559. The summed E-state index contributed by atoms with van der Waals surface area (Å²) in [7, 11) is -0.0180. The molecule has 0 bridgehead atoms. The second-order valence-corrected chi connectivity index (χ2v) is 6.40. The zero-order valence-electron chi connectivity index (χ0n) is 12.3. The molecule has 2 N–H and O–H groups in total. The minimum absolute atomic E-state index is 0.199. The van der Waals surface area contributed by atoms with Crippen LogP contribution < -0.4 is 10.0 Å². The summed E-state index contributed by atoms with van der Waals surface area (Å²) < 4.78 is 24.7. The van der Waals surface area contributed by atoms with Crippen LogP contribution in [-0.4, -0.2) is 37.3 Å². The van der Waals surface area contributed by atoms with Crippen LogP contribution >= 0.6 is 0 Å². The highest BCUT2D eigenvalue weighted by atomic mass is 32.2. The first-order valence-corrected chi connectivity index (χ1v) is 8.13. The van der Waals surface area contributed by atoms with Crippen LogP contribution in [0.15, 0.2) is 29.4 Å². The third kappa shape index (κ3) is 3.22. The number of anilines is 1. The average molecular weight is 309 g/mol. The van der Waals surface area contributed by atoms with Gasteiger partial charge in [-0.2, -0.15) is 0 Å². The summed E-state index contributed by atoms with van der Waals surface area (Å²) in [4.78, 5) is 1.96. The zero-order chi connectivity index (χ0) is 15.6. The summed E-state index contributed by atoms with van der Waals surface area (Å²) in [6.45, 7) is 2.44. The number of benzene rings is 1. The van der Waals surface area contributed by atoms with Crippen LogP contribution in [0.3, 0.4) is 0 Å². The van der Waals surface area contributed by atoms with E-state index in [2.05, 4.69) is 10.2 Å². The Morgan fingerprint density at radius 3 is 2.57 bits per heavy atom. The summed E-state index contributed by atoms with van der Waals surface area (Å²) in [5, 5.41) is 12.7. The molecule has 0 amide bonds. The van der Waals surface area contributed by atoms with Gasteiger partial charge in [0.15, 0.2) is 5.82 Å². The Hall–Kier alpha value is -1.93. The van der Waals surface area contributed by atoms with Gasteiger partial charge in [0.25, 0.3) is 15.2 Å². The second-order valence-electron chi connectivity index (χ2n) is 4.95. The summed E-state index contributed by atoms with van der Waals surface area (Å²) in [6.07, 6.45) is 0.751. The van der Waals surface area contributed by atoms with E-state index < -0.39 is 10.0 Å². The fourth-order valence-corrected chi connectivity index (χ4v) is 2.70. The van der Waals surface area contributed by atoms with Crippen molar-refractivity contribution < 1.29 is 8.42 Å². The monoisotopic (exact) mass is 309 g/mol. The van der Waals surface area contributed by atoms with Gasteiger partial charge in [-0.3, -0.25) is 4.57 Å². The van der Waals surface area contributed by atoms with Gasteiger partial charge in [-0.1, -0.05) is 19.1 Å². The molecule has 0 saturated carbocycles. The van der Waals surface area contributed by atoms with E-state index in [1.807, 2.05) is 50.2 Å². The van der Waals surface area contributed by atoms with Gasteiger partial charge >= 0.3 is 0 Å². The van der Waals surface area contributed by atoms with Crippen molar-refractivity contribution in [2.75, 3.05) is 19.0 Å². The van der Waals surface area contributed by atoms with Crippen molar-refractivity contribution in [1.29, 1.82) is 0 Å². The predicted molar refractivity (Wildman–Crippen MR) is 81.4 cm³/mol. The van der Waals surface area contributed by atoms with E-state index in [9.17, 15) is 8.42 Å². The Labute approximate surface area is 124 Å². The first-order chi connectivity index (χ1) is 9.84. The molecule has 21 heavy (non-hydrogen) atoms. The highest BCUT2D eigenvalue weighted by Crippen LogP contribution is 2.24. The minimum atomic E-state index is -3.89. The molecule has 114 valence electrons. The number of primary sulfonamides is 1. The molecular weight excluding hydrogens is 290 g/mol. The van der Waals surface area contributed by atoms with Crippen molar-refractivity contribution in [3.63, 3.8) is 0 Å². The first-order valence-electron chi connectivity index (χ1n) is 6.58. The fraction of sp³-hybridized carbons (Fsp3) is 0.385. The number of nitrogens with zero attached hydrogens (tertiary/aromatic N) is 4. The lowest BCUT2D eigenvalue weighted by atomic mass is 10.2. The van der Waals surface area contributed by atoms with Crippen molar-refractivity contribution in [3.05, 3.63) is 24.3 Å². The van der Waals surface area contributed by atoms with Crippen molar-refractivity contribution in [2.24, 2.45) is 5.14 Å². The molecule has 1 aromatic heterocycles. The second kappa shape index (κ2) is 5.82. The Bertz CT molecular complexity index is 737. The molecular formula is C13H19N5O2S. The van der Waals surface area contributed by atoms with E-state index in [0.29, 0.717) is 12.4 Å². The van der Waals surface area contributed by atoms with Crippen LogP contribution in [0.2, 0.25) is 0 Å². The quantitative estimate of drug-likeness (QED) is 0.891. The van der Waals surface area contributed by atoms with Gasteiger partial charge in [0.2, 0.25) is 0 Å².